The number of carbonyl (C=O) groups excluding carboxylic acids is 1. The summed E-state index contributed by atoms with van der Waals surface area (Å²) in [7, 11) is 1.77. The van der Waals surface area contributed by atoms with Gasteiger partial charge in [-0.2, -0.15) is 4.98 Å². The minimum atomic E-state index is -4.15. The Labute approximate surface area is 289 Å². The highest BCUT2D eigenvalue weighted by molar-refractivity contribution is 8.44. The Kier molecular flexibility index (Phi) is 11.5. The number of H-pyrrole nitrogens is 1. The van der Waals surface area contributed by atoms with E-state index in [1.54, 1.807) is 19.3 Å². The zero-order valence-electron chi connectivity index (χ0n) is 26.1. The average Bonchev–Trinajstić information content (AvgIpc) is 3.71. The molecule has 5 N–H and O–H groups in total. The van der Waals surface area contributed by atoms with Crippen LogP contribution in [-0.2, 0) is 44.0 Å². The third kappa shape index (κ3) is 8.92. The lowest BCUT2D eigenvalue weighted by Crippen LogP contribution is -2.35. The number of nitrogens with one attached hydrogen (secondary N) is 3. The number of ether oxygens (including phenoxy) is 2. The van der Waals surface area contributed by atoms with Crippen LogP contribution in [0.5, 0.6) is 5.88 Å². The van der Waals surface area contributed by atoms with Crippen LogP contribution < -0.4 is 20.9 Å². The van der Waals surface area contributed by atoms with E-state index < -0.39 is 56.3 Å². The number of thiol groups is 1. The molecule has 5 heterocycles. The molecule has 1 amide bonds. The van der Waals surface area contributed by atoms with E-state index in [0.717, 1.165) is 0 Å². The molecule has 0 radical (unpaired) electrons. The van der Waals surface area contributed by atoms with Gasteiger partial charge in [0.1, 0.15) is 30.7 Å². The number of anilines is 1. The van der Waals surface area contributed by atoms with Gasteiger partial charge in [0.15, 0.2) is 17.4 Å². The maximum atomic E-state index is 13.5. The molecule has 3 aromatic rings. The molecule has 2 aliphatic heterocycles. The molecule has 3 fully saturated rings. The fourth-order valence-electron chi connectivity index (χ4n) is 5.94. The fourth-order valence-corrected chi connectivity index (χ4v) is 8.96. The zero-order valence-corrected chi connectivity index (χ0v) is 29.6. The predicted octanol–water partition coefficient (Wildman–Crippen LogP) is 1.43. The van der Waals surface area contributed by atoms with E-state index in [9.17, 15) is 24.2 Å². The number of aromatic amines is 1. The smallest absolute Gasteiger partial charge is 0.386 e. The SMILES string of the molecule is CNCCCC(=O)Nc1nc2c(ncn2[C@@H]2O[C@@H]3COP(O)(=S)O[C@H]4C[C@H](Oc5ccncn5)C[C@@H]4CCOP(=O)(S)O[C@@H]2[C@@H]3O)c(=O)[nH]1. The Morgan fingerprint density at radius 2 is 2.10 bits per heavy atom. The molecule has 2 bridgehead atoms. The third-order valence-corrected chi connectivity index (χ3v) is 11.4. The van der Waals surface area contributed by atoms with E-state index in [1.165, 1.54) is 17.2 Å². The van der Waals surface area contributed by atoms with Crippen LogP contribution in [0, 0.1) is 5.92 Å². The summed E-state index contributed by atoms with van der Waals surface area (Å²) in [5, 5.41) is 16.8. The van der Waals surface area contributed by atoms with Gasteiger partial charge in [0, 0.05) is 25.1 Å². The summed E-state index contributed by atoms with van der Waals surface area (Å²) in [6, 6.07) is 1.62. The third-order valence-electron chi connectivity index (χ3n) is 8.21. The van der Waals surface area contributed by atoms with Crippen molar-refractivity contribution in [3.05, 3.63) is 35.3 Å². The second-order valence-corrected chi connectivity index (χ2v) is 17.3. The van der Waals surface area contributed by atoms with Gasteiger partial charge in [-0.1, -0.05) is 12.2 Å². The lowest BCUT2D eigenvalue weighted by Gasteiger charge is -2.27. The molecule has 2 unspecified atom stereocenters. The quantitative estimate of drug-likeness (QED) is 0.108. The van der Waals surface area contributed by atoms with Crippen LogP contribution in [0.3, 0.4) is 0 Å². The number of hydrogen-bond donors (Lipinski definition) is 6. The molecule has 268 valence electrons. The van der Waals surface area contributed by atoms with Gasteiger partial charge in [-0.25, -0.2) is 19.5 Å². The monoisotopic (exact) mass is 762 g/mol. The van der Waals surface area contributed by atoms with Crippen LogP contribution in [0.15, 0.2) is 29.7 Å². The van der Waals surface area contributed by atoms with Gasteiger partial charge in [-0.3, -0.25) is 29.0 Å². The van der Waals surface area contributed by atoms with Crippen molar-refractivity contribution in [1.82, 2.24) is 34.8 Å². The van der Waals surface area contributed by atoms with Crippen LogP contribution in [-0.4, -0.2) is 103 Å². The number of aliphatic hydroxyl groups excluding tert-OH is 1. The summed E-state index contributed by atoms with van der Waals surface area (Å²) in [6.07, 6.45) is -0.390. The van der Waals surface area contributed by atoms with Gasteiger partial charge in [0.25, 0.3) is 5.56 Å². The summed E-state index contributed by atoms with van der Waals surface area (Å²) in [6.45, 7) is -7.97. The minimum absolute atomic E-state index is 0.0309. The summed E-state index contributed by atoms with van der Waals surface area (Å²) >= 11 is 9.51. The Balaban J connectivity index is 1.23. The number of fused-ring (bicyclic) bond motifs is 4. The van der Waals surface area contributed by atoms with Crippen molar-refractivity contribution in [3.63, 3.8) is 0 Å². The summed E-state index contributed by atoms with van der Waals surface area (Å²) < 4.78 is 49.9. The first kappa shape index (κ1) is 36.4. The summed E-state index contributed by atoms with van der Waals surface area (Å²) in [5.74, 6) is -0.385. The molecular formula is C26H36N8O11P2S2. The Morgan fingerprint density at radius 3 is 2.88 bits per heavy atom. The van der Waals surface area contributed by atoms with Crippen LogP contribution >= 0.6 is 25.8 Å². The van der Waals surface area contributed by atoms with Crippen molar-refractivity contribution in [1.29, 1.82) is 0 Å². The molecule has 19 nitrogen and oxygen atoms in total. The molecule has 49 heavy (non-hydrogen) atoms. The average molecular weight is 763 g/mol. The Morgan fingerprint density at radius 1 is 1.27 bits per heavy atom. The number of imidazole rings is 1. The highest BCUT2D eigenvalue weighted by atomic mass is 32.7. The van der Waals surface area contributed by atoms with Crippen molar-refractivity contribution in [2.75, 3.05) is 32.1 Å². The molecule has 6 rings (SSSR count). The van der Waals surface area contributed by atoms with E-state index in [-0.39, 0.29) is 48.1 Å². The van der Waals surface area contributed by atoms with E-state index in [2.05, 4.69) is 47.8 Å². The second-order valence-electron chi connectivity index (χ2n) is 11.6. The fraction of sp³-hybridized carbons (Fsp3) is 0.615. The highest BCUT2D eigenvalue weighted by Gasteiger charge is 2.50. The number of amides is 1. The standard InChI is InChI=1S/C26H36N8O11P2S2/c1-27-6-2-3-18(35)31-26-32-23-20(24(37)33-26)30-13-34(23)25-22-21(36)17(43-25)11-41-47(39,49)44-16-10-15(42-19-4-7-28-12-29-19)9-14(16)5-8-40-46(38,48)45-22/h4,7,12-17,21-22,25,27,36H,2-3,5-6,8-11H2,1H3,(H,38,48)(H,39,49)(H2,31,32,33,35,37)/t14-,15+,16-,17+,21+,22+,25+,46?,47?/m0/s1. The molecule has 2 saturated heterocycles. The molecule has 3 aliphatic rings. The van der Waals surface area contributed by atoms with E-state index in [1.807, 2.05) is 0 Å². The van der Waals surface area contributed by atoms with Gasteiger partial charge < -0.3 is 38.4 Å². The van der Waals surface area contributed by atoms with Crippen molar-refractivity contribution < 1.29 is 46.9 Å². The number of carbonyl (C=O) groups is 1. The number of aromatic nitrogens is 6. The largest absolute Gasteiger partial charge is 0.474 e. The summed E-state index contributed by atoms with van der Waals surface area (Å²) in [5.41, 5.74) is -0.787. The Bertz CT molecular complexity index is 1790. The maximum absolute atomic E-state index is 13.5. The first-order chi connectivity index (χ1) is 23.4. The van der Waals surface area contributed by atoms with Crippen LogP contribution in [0.25, 0.3) is 11.2 Å². The second kappa shape index (κ2) is 15.5. The Hall–Kier alpha value is -2.39. The highest BCUT2D eigenvalue weighted by Crippen LogP contribution is 2.58. The van der Waals surface area contributed by atoms with E-state index in [4.69, 9.17) is 39.4 Å². The lowest BCUT2D eigenvalue weighted by atomic mass is 10.0. The number of nitrogens with zero attached hydrogens (tertiary/aromatic N) is 5. The molecule has 23 heteroatoms. The lowest BCUT2D eigenvalue weighted by molar-refractivity contribution is -0.116. The summed E-state index contributed by atoms with van der Waals surface area (Å²) in [4.78, 5) is 55.3. The zero-order chi connectivity index (χ0) is 34.8. The molecule has 1 aliphatic carbocycles. The van der Waals surface area contributed by atoms with E-state index in [0.29, 0.717) is 38.1 Å². The normalized spacial score (nSPS) is 33.9. The van der Waals surface area contributed by atoms with Crippen LogP contribution in [0.4, 0.5) is 5.95 Å². The predicted molar refractivity (Wildman–Crippen MR) is 178 cm³/mol. The topological polar surface area (TPSA) is 243 Å². The number of hydrogen-bond acceptors (Lipinski definition) is 16. The molecule has 1 saturated carbocycles. The van der Waals surface area contributed by atoms with Gasteiger partial charge in [-0.05, 0) is 50.6 Å². The van der Waals surface area contributed by atoms with E-state index >= 15 is 0 Å². The minimum Gasteiger partial charge on any atom is -0.474 e. The van der Waals surface area contributed by atoms with Crippen molar-refractivity contribution in [2.24, 2.45) is 5.92 Å². The van der Waals surface area contributed by atoms with Gasteiger partial charge >= 0.3 is 13.5 Å². The molecule has 9 atom stereocenters. The van der Waals surface area contributed by atoms with Crippen LogP contribution in [0.1, 0.15) is 38.3 Å². The van der Waals surface area contributed by atoms with Crippen molar-refractivity contribution in [3.8, 4) is 5.88 Å². The number of aliphatic hydroxyl groups is 1. The van der Waals surface area contributed by atoms with Crippen molar-refractivity contribution >= 4 is 60.6 Å². The van der Waals surface area contributed by atoms with Crippen LogP contribution in [0.2, 0.25) is 0 Å². The van der Waals surface area contributed by atoms with Gasteiger partial charge in [-0.15, -0.1) is 0 Å². The number of rotatable bonds is 8. The molecular weight excluding hydrogens is 726 g/mol. The molecule has 0 aromatic carbocycles. The molecule has 3 aromatic heterocycles. The van der Waals surface area contributed by atoms with Gasteiger partial charge in [0.2, 0.25) is 17.7 Å². The molecule has 0 spiro atoms. The maximum Gasteiger partial charge on any atom is 0.386 e. The first-order valence-corrected chi connectivity index (χ1v) is 20.7. The van der Waals surface area contributed by atoms with Crippen molar-refractivity contribution in [2.45, 2.75) is 68.9 Å². The van der Waals surface area contributed by atoms with Gasteiger partial charge in [0.05, 0.1) is 25.6 Å². The first-order valence-electron chi connectivity index (χ1n) is 15.4.